The van der Waals surface area contributed by atoms with Gasteiger partial charge in [-0.15, -0.1) is 0 Å². The molecule has 14 heavy (non-hydrogen) atoms. The second kappa shape index (κ2) is 3.64. The molecule has 0 aliphatic carbocycles. The van der Waals surface area contributed by atoms with Crippen LogP contribution >= 0.6 is 0 Å². The molecule has 1 aliphatic heterocycles. The Balaban J connectivity index is 2.39. The predicted octanol–water partition coefficient (Wildman–Crippen LogP) is 2.88. The van der Waals surface area contributed by atoms with Crippen molar-refractivity contribution in [2.24, 2.45) is 5.92 Å². The summed E-state index contributed by atoms with van der Waals surface area (Å²) in [6.07, 6.45) is 2.39. The predicted molar refractivity (Wildman–Crippen MR) is 62.0 cm³/mol. The maximum Gasteiger partial charge on any atom is 0.0396 e. The van der Waals surface area contributed by atoms with E-state index < -0.39 is 0 Å². The van der Waals surface area contributed by atoms with Gasteiger partial charge in [0.25, 0.3) is 0 Å². The molecule has 1 aromatic rings. The van der Waals surface area contributed by atoms with Crippen LogP contribution in [0, 0.1) is 5.92 Å². The Hall–Kier alpha value is -0.980. The molecule has 1 nitrogen and oxygen atoms in total. The monoisotopic (exact) mass is 189 g/mol. The summed E-state index contributed by atoms with van der Waals surface area (Å²) in [5.41, 5.74) is 4.43. The van der Waals surface area contributed by atoms with Crippen LogP contribution in [0.1, 0.15) is 25.0 Å². The first-order chi connectivity index (χ1) is 6.70. The lowest BCUT2D eigenvalue weighted by atomic mass is 9.92. The summed E-state index contributed by atoms with van der Waals surface area (Å²) in [5, 5.41) is 0. The summed E-state index contributed by atoms with van der Waals surface area (Å²) in [6, 6.07) is 6.91. The average molecular weight is 189 g/mol. The second-order valence-corrected chi connectivity index (χ2v) is 4.51. The highest BCUT2D eigenvalue weighted by molar-refractivity contribution is 5.56. The summed E-state index contributed by atoms with van der Waals surface area (Å²) in [4.78, 5) is 2.38. The second-order valence-electron chi connectivity index (χ2n) is 4.51. The molecule has 1 heterocycles. The third-order valence-corrected chi connectivity index (χ3v) is 3.12. The average Bonchev–Trinajstić information content (AvgIpc) is 2.16. The van der Waals surface area contributed by atoms with Gasteiger partial charge >= 0.3 is 0 Å². The van der Waals surface area contributed by atoms with Crippen LogP contribution in [0.4, 0.5) is 5.69 Å². The topological polar surface area (TPSA) is 3.24 Å². The molecular formula is C13H19N. The molecule has 1 heteroatoms. The number of anilines is 1. The van der Waals surface area contributed by atoms with Crippen molar-refractivity contribution < 1.29 is 0 Å². The zero-order valence-electron chi connectivity index (χ0n) is 9.38. The number of aryl methyl sites for hydroxylation is 1. The third kappa shape index (κ3) is 1.63. The molecule has 1 atom stereocenters. The van der Waals surface area contributed by atoms with Crippen LogP contribution in [0.5, 0.6) is 0 Å². The molecule has 0 N–H and O–H groups in total. The number of benzene rings is 1. The van der Waals surface area contributed by atoms with Gasteiger partial charge in [-0.1, -0.05) is 26.0 Å². The van der Waals surface area contributed by atoms with E-state index in [9.17, 15) is 0 Å². The van der Waals surface area contributed by atoms with E-state index in [0.29, 0.717) is 0 Å². The van der Waals surface area contributed by atoms with E-state index in [1.807, 2.05) is 0 Å². The van der Waals surface area contributed by atoms with Crippen LogP contribution < -0.4 is 4.90 Å². The molecule has 1 aliphatic rings. The lowest BCUT2D eigenvalue weighted by molar-refractivity contribution is 0.551. The van der Waals surface area contributed by atoms with Crippen molar-refractivity contribution >= 4 is 5.69 Å². The van der Waals surface area contributed by atoms with Crippen molar-refractivity contribution in [1.82, 2.24) is 0 Å². The van der Waals surface area contributed by atoms with Gasteiger partial charge in [-0.05, 0) is 36.0 Å². The summed E-state index contributed by atoms with van der Waals surface area (Å²) in [7, 11) is 2.19. The Morgan fingerprint density at radius 1 is 1.43 bits per heavy atom. The molecule has 0 amide bonds. The zero-order chi connectivity index (χ0) is 10.1. The Kier molecular flexibility index (Phi) is 2.49. The van der Waals surface area contributed by atoms with Gasteiger partial charge in [0, 0.05) is 19.3 Å². The first kappa shape index (κ1) is 9.57. The SMILES string of the molecule is CCc1ccc2c(c1)C[C@@H](C)CN2C. The van der Waals surface area contributed by atoms with E-state index in [4.69, 9.17) is 0 Å². The van der Waals surface area contributed by atoms with Crippen LogP contribution in [0.15, 0.2) is 18.2 Å². The van der Waals surface area contributed by atoms with Gasteiger partial charge in [0.1, 0.15) is 0 Å². The Morgan fingerprint density at radius 3 is 2.93 bits per heavy atom. The minimum Gasteiger partial charge on any atom is -0.374 e. The van der Waals surface area contributed by atoms with Crippen LogP contribution in [-0.4, -0.2) is 13.6 Å². The highest BCUT2D eigenvalue weighted by atomic mass is 15.1. The highest BCUT2D eigenvalue weighted by Gasteiger charge is 2.18. The molecule has 76 valence electrons. The van der Waals surface area contributed by atoms with Crippen LogP contribution in [0.25, 0.3) is 0 Å². The number of nitrogens with zero attached hydrogens (tertiary/aromatic N) is 1. The van der Waals surface area contributed by atoms with Gasteiger partial charge in [0.05, 0.1) is 0 Å². The highest BCUT2D eigenvalue weighted by Crippen LogP contribution is 2.29. The van der Waals surface area contributed by atoms with Crippen molar-refractivity contribution in [3.05, 3.63) is 29.3 Å². The molecule has 0 unspecified atom stereocenters. The largest absolute Gasteiger partial charge is 0.374 e. The Morgan fingerprint density at radius 2 is 2.21 bits per heavy atom. The molecule has 1 aromatic carbocycles. The van der Waals surface area contributed by atoms with Crippen molar-refractivity contribution in [2.75, 3.05) is 18.5 Å². The first-order valence-corrected chi connectivity index (χ1v) is 5.53. The van der Waals surface area contributed by atoms with Gasteiger partial charge in [-0.25, -0.2) is 0 Å². The lowest BCUT2D eigenvalue weighted by Crippen LogP contribution is -2.30. The smallest absolute Gasteiger partial charge is 0.0396 e. The normalized spacial score (nSPS) is 20.8. The van der Waals surface area contributed by atoms with Gasteiger partial charge in [-0.3, -0.25) is 0 Å². The van der Waals surface area contributed by atoms with Crippen molar-refractivity contribution in [3.63, 3.8) is 0 Å². The van der Waals surface area contributed by atoms with E-state index in [2.05, 4.69) is 44.0 Å². The summed E-state index contributed by atoms with van der Waals surface area (Å²) in [6.45, 7) is 5.74. The van der Waals surface area contributed by atoms with E-state index in [-0.39, 0.29) is 0 Å². The molecule has 0 saturated heterocycles. The first-order valence-electron chi connectivity index (χ1n) is 5.53. The Labute approximate surface area is 86.7 Å². The number of hydrogen-bond donors (Lipinski definition) is 0. The van der Waals surface area contributed by atoms with Gasteiger partial charge in [-0.2, -0.15) is 0 Å². The quantitative estimate of drug-likeness (QED) is 0.656. The van der Waals surface area contributed by atoms with Crippen molar-refractivity contribution in [2.45, 2.75) is 26.7 Å². The summed E-state index contributed by atoms with van der Waals surface area (Å²) < 4.78 is 0. The van der Waals surface area contributed by atoms with E-state index in [1.54, 1.807) is 0 Å². The molecule has 0 saturated carbocycles. The molecule has 0 spiro atoms. The summed E-state index contributed by atoms with van der Waals surface area (Å²) in [5.74, 6) is 0.791. The minimum atomic E-state index is 0.791. The van der Waals surface area contributed by atoms with Crippen molar-refractivity contribution in [1.29, 1.82) is 0 Å². The standard InChI is InChI=1S/C13H19N/c1-4-11-5-6-13-12(8-11)7-10(2)9-14(13)3/h5-6,8,10H,4,7,9H2,1-3H3/t10-/m1/s1. The number of hydrogen-bond acceptors (Lipinski definition) is 1. The molecule has 2 rings (SSSR count). The van der Waals surface area contributed by atoms with Crippen LogP contribution in [0.3, 0.4) is 0 Å². The summed E-state index contributed by atoms with van der Waals surface area (Å²) >= 11 is 0. The van der Waals surface area contributed by atoms with Crippen LogP contribution in [-0.2, 0) is 12.8 Å². The maximum absolute atomic E-state index is 2.38. The number of fused-ring (bicyclic) bond motifs is 1. The van der Waals surface area contributed by atoms with Crippen molar-refractivity contribution in [3.8, 4) is 0 Å². The molecular weight excluding hydrogens is 170 g/mol. The zero-order valence-corrected chi connectivity index (χ0v) is 9.38. The minimum absolute atomic E-state index is 0.791. The maximum atomic E-state index is 2.38. The molecule has 0 fully saturated rings. The van der Waals surface area contributed by atoms with Gasteiger partial charge < -0.3 is 4.90 Å². The van der Waals surface area contributed by atoms with E-state index in [1.165, 1.54) is 29.8 Å². The van der Waals surface area contributed by atoms with E-state index in [0.717, 1.165) is 12.3 Å². The molecule has 0 bridgehead atoms. The molecule has 0 radical (unpaired) electrons. The van der Waals surface area contributed by atoms with E-state index >= 15 is 0 Å². The molecule has 0 aromatic heterocycles. The Bertz CT molecular complexity index is 330. The number of rotatable bonds is 1. The van der Waals surface area contributed by atoms with Gasteiger partial charge in [0.2, 0.25) is 0 Å². The van der Waals surface area contributed by atoms with Crippen LogP contribution in [0.2, 0.25) is 0 Å². The fourth-order valence-electron chi connectivity index (χ4n) is 2.40. The third-order valence-electron chi connectivity index (χ3n) is 3.12. The van der Waals surface area contributed by atoms with Gasteiger partial charge in [0.15, 0.2) is 0 Å². The fraction of sp³-hybridized carbons (Fsp3) is 0.538. The lowest BCUT2D eigenvalue weighted by Gasteiger charge is -2.32. The fourth-order valence-corrected chi connectivity index (χ4v) is 2.40.